The van der Waals surface area contributed by atoms with Crippen LogP contribution < -0.4 is 20.5 Å². The molecular weight excluding hydrogens is 630 g/mol. The summed E-state index contributed by atoms with van der Waals surface area (Å²) < 4.78 is 50.6. The van der Waals surface area contributed by atoms with Gasteiger partial charge < -0.3 is 21.0 Å². The molecule has 2 saturated heterocycles. The summed E-state index contributed by atoms with van der Waals surface area (Å²) in [4.78, 5) is 82.6. The van der Waals surface area contributed by atoms with E-state index in [0.717, 1.165) is 25.2 Å². The van der Waals surface area contributed by atoms with Gasteiger partial charge in [0.05, 0.1) is 25.9 Å². The van der Waals surface area contributed by atoms with Crippen LogP contribution in [0.2, 0.25) is 0 Å². The number of carbonyl (C=O) groups is 6. The normalized spacial score (nSPS) is 17.9. The van der Waals surface area contributed by atoms with Gasteiger partial charge in [-0.3, -0.25) is 14.5 Å². The van der Waals surface area contributed by atoms with Gasteiger partial charge in [0.15, 0.2) is 10.8 Å². The number of amides is 8. The van der Waals surface area contributed by atoms with Crippen molar-refractivity contribution in [1.29, 1.82) is 0 Å². The van der Waals surface area contributed by atoms with Crippen LogP contribution in [0.5, 0.6) is 0 Å². The number of nitrogen functional groups attached to an aromatic ring is 1. The number of carbonyl (C=O) groups excluding carboxylic acids is 5. The number of anilines is 1. The Bertz CT molecular complexity index is 1600. The number of oxime groups is 1. The molecule has 0 unspecified atom stereocenters. The first-order valence-corrected chi connectivity index (χ1v) is 15.5. The number of imide groups is 2. The van der Waals surface area contributed by atoms with Crippen molar-refractivity contribution >= 4 is 78.3 Å². The predicted octanol–water partition coefficient (Wildman–Crippen LogP) is -3.00. The molecule has 42 heavy (non-hydrogen) atoms. The fraction of sp³-hybridized carbons (Fsp3) is 0.444. The third kappa shape index (κ3) is 7.00. The lowest BCUT2D eigenvalue weighted by atomic mass is 10.1. The molecule has 24 heteroatoms. The molecule has 3 rings (SSSR count). The Labute approximate surface area is 240 Å². The zero-order valence-corrected chi connectivity index (χ0v) is 24.2. The number of aliphatic carboxylic acids is 1. The summed E-state index contributed by atoms with van der Waals surface area (Å²) in [7, 11) is -9.02. The van der Waals surface area contributed by atoms with E-state index in [1.54, 1.807) is 0 Å². The van der Waals surface area contributed by atoms with E-state index < -0.39 is 93.1 Å². The SMILES string of the molecule is CC(C)(ON=C(C(=O)N[C@H]1CN(C(=O)NS(=O)(=O)NC(=O)N2CCN(S(C)(=O)=O)C2=O)C1=O)c1csc(N)n1)C(=O)O. The minimum absolute atomic E-state index is 0.0284. The monoisotopic (exact) mass is 653 g/mol. The Morgan fingerprint density at radius 2 is 1.71 bits per heavy atom. The van der Waals surface area contributed by atoms with Crippen LogP contribution in [0.3, 0.4) is 0 Å². The summed E-state index contributed by atoms with van der Waals surface area (Å²) >= 11 is 0.920. The largest absolute Gasteiger partial charge is 0.478 e. The molecule has 0 radical (unpaired) electrons. The Kier molecular flexibility index (Phi) is 8.64. The number of urea groups is 3. The lowest BCUT2D eigenvalue weighted by molar-refractivity contribution is -0.161. The van der Waals surface area contributed by atoms with E-state index in [4.69, 9.17) is 10.6 Å². The van der Waals surface area contributed by atoms with Crippen molar-refractivity contribution < 1.29 is 55.5 Å². The van der Waals surface area contributed by atoms with E-state index in [0.29, 0.717) is 15.5 Å². The molecule has 1 atom stereocenters. The third-order valence-electron chi connectivity index (χ3n) is 5.40. The van der Waals surface area contributed by atoms with Gasteiger partial charge in [0.2, 0.25) is 15.6 Å². The quantitative estimate of drug-likeness (QED) is 0.101. The van der Waals surface area contributed by atoms with Crippen molar-refractivity contribution in [1.82, 2.24) is 33.8 Å². The van der Waals surface area contributed by atoms with Crippen LogP contribution in [0, 0.1) is 0 Å². The molecule has 1 aromatic rings. The number of nitrogens with one attached hydrogen (secondary N) is 3. The zero-order chi connectivity index (χ0) is 31.8. The fourth-order valence-electron chi connectivity index (χ4n) is 3.12. The first-order chi connectivity index (χ1) is 19.2. The molecule has 3 heterocycles. The molecule has 6 N–H and O–H groups in total. The van der Waals surface area contributed by atoms with Gasteiger partial charge in [-0.05, 0) is 13.8 Å². The predicted molar refractivity (Wildman–Crippen MR) is 139 cm³/mol. The van der Waals surface area contributed by atoms with Crippen LogP contribution in [0.1, 0.15) is 19.5 Å². The van der Waals surface area contributed by atoms with Crippen LogP contribution in [0.4, 0.5) is 19.5 Å². The highest BCUT2D eigenvalue weighted by atomic mass is 32.2. The summed E-state index contributed by atoms with van der Waals surface area (Å²) in [6.45, 7) is 0.879. The number of hydrogen-bond acceptors (Lipinski definition) is 15. The summed E-state index contributed by atoms with van der Waals surface area (Å²) in [5.41, 5.74) is 3.04. The van der Waals surface area contributed by atoms with E-state index in [1.165, 1.54) is 14.8 Å². The molecule has 0 aliphatic carbocycles. The van der Waals surface area contributed by atoms with Gasteiger partial charge in [0.1, 0.15) is 11.7 Å². The fourth-order valence-corrected chi connectivity index (χ4v) is 5.20. The number of thiazole rings is 1. The molecule has 2 aliphatic heterocycles. The molecule has 2 fully saturated rings. The number of carboxylic acid groups (broad SMARTS) is 1. The third-order valence-corrected chi connectivity index (χ3v) is 8.10. The van der Waals surface area contributed by atoms with Crippen molar-refractivity contribution in [2.24, 2.45) is 5.16 Å². The van der Waals surface area contributed by atoms with E-state index >= 15 is 0 Å². The molecule has 0 aromatic carbocycles. The van der Waals surface area contributed by atoms with Crippen LogP contribution in [0.15, 0.2) is 10.5 Å². The molecule has 1 aromatic heterocycles. The van der Waals surface area contributed by atoms with E-state index in [-0.39, 0.29) is 15.7 Å². The second-order valence-electron chi connectivity index (χ2n) is 8.98. The number of sulfonamides is 1. The van der Waals surface area contributed by atoms with Gasteiger partial charge in [-0.15, -0.1) is 11.3 Å². The van der Waals surface area contributed by atoms with Crippen molar-refractivity contribution in [2.75, 3.05) is 31.6 Å². The molecule has 8 amide bonds. The Morgan fingerprint density at radius 3 is 2.19 bits per heavy atom. The number of rotatable bonds is 9. The van der Waals surface area contributed by atoms with E-state index in [9.17, 15) is 50.7 Å². The number of nitrogens with two attached hydrogens (primary N) is 1. The second kappa shape index (κ2) is 11.4. The molecule has 230 valence electrons. The maximum absolute atomic E-state index is 12.8. The van der Waals surface area contributed by atoms with E-state index in [1.807, 2.05) is 0 Å². The number of likely N-dealkylation sites (tertiary alicyclic amines) is 1. The molecule has 0 spiro atoms. The molecular formula is C18H23N9O12S3. The van der Waals surface area contributed by atoms with Gasteiger partial charge in [-0.2, -0.15) is 8.42 Å². The topological polar surface area (TPSA) is 297 Å². The zero-order valence-electron chi connectivity index (χ0n) is 21.8. The van der Waals surface area contributed by atoms with Crippen molar-refractivity contribution in [3.8, 4) is 0 Å². The van der Waals surface area contributed by atoms with Gasteiger partial charge in [0, 0.05) is 5.38 Å². The van der Waals surface area contributed by atoms with Crippen molar-refractivity contribution in [2.45, 2.75) is 25.5 Å². The lowest BCUT2D eigenvalue weighted by Gasteiger charge is -2.36. The summed E-state index contributed by atoms with van der Waals surface area (Å²) in [6.07, 6.45) is 0.708. The van der Waals surface area contributed by atoms with Crippen molar-refractivity contribution in [3.05, 3.63) is 11.1 Å². The molecule has 21 nitrogen and oxygen atoms in total. The summed E-state index contributed by atoms with van der Waals surface area (Å²) in [5.74, 6) is -3.56. The highest BCUT2D eigenvalue weighted by molar-refractivity contribution is 7.89. The number of β-lactam (4-membered cyclic amide) rings is 1. The van der Waals surface area contributed by atoms with Crippen molar-refractivity contribution in [3.63, 3.8) is 0 Å². The number of aromatic nitrogens is 1. The van der Waals surface area contributed by atoms with Crippen LogP contribution >= 0.6 is 11.3 Å². The minimum Gasteiger partial charge on any atom is -0.478 e. The van der Waals surface area contributed by atoms with Crippen LogP contribution in [-0.4, -0.2) is 120 Å². The Hall–Kier alpha value is -4.58. The average Bonchev–Trinajstić information content (AvgIpc) is 3.45. The maximum Gasteiger partial charge on any atom is 0.350 e. The Morgan fingerprint density at radius 1 is 1.12 bits per heavy atom. The van der Waals surface area contributed by atoms with E-state index in [2.05, 4.69) is 15.5 Å². The molecule has 0 bridgehead atoms. The smallest absolute Gasteiger partial charge is 0.350 e. The summed E-state index contributed by atoms with van der Waals surface area (Å²) in [6, 6.07) is -5.76. The first-order valence-electron chi connectivity index (χ1n) is 11.2. The highest BCUT2D eigenvalue weighted by Gasteiger charge is 2.44. The first kappa shape index (κ1) is 31.9. The average molecular weight is 654 g/mol. The van der Waals surface area contributed by atoms with Crippen LogP contribution in [-0.2, 0) is 39.5 Å². The maximum atomic E-state index is 12.8. The van der Waals surface area contributed by atoms with Crippen LogP contribution in [0.25, 0.3) is 0 Å². The second-order valence-corrected chi connectivity index (χ2v) is 13.2. The molecule has 0 saturated carbocycles. The minimum atomic E-state index is -5.00. The summed E-state index contributed by atoms with van der Waals surface area (Å²) in [5, 5.41) is 16.3. The number of nitrogens with zero attached hydrogens (tertiary/aromatic N) is 5. The lowest BCUT2D eigenvalue weighted by Crippen LogP contribution is -2.68. The Balaban J connectivity index is 1.61. The van der Waals surface area contributed by atoms with Gasteiger partial charge in [-0.1, -0.05) is 5.16 Å². The van der Waals surface area contributed by atoms with Gasteiger partial charge in [0.25, 0.3) is 11.8 Å². The molecule has 2 aliphatic rings. The van der Waals surface area contributed by atoms with Gasteiger partial charge in [-0.25, -0.2) is 51.2 Å². The number of carboxylic acids is 1. The number of hydrogen-bond donors (Lipinski definition) is 5. The highest BCUT2D eigenvalue weighted by Crippen LogP contribution is 2.17. The standard InChI is InChI=1S/C18H23N9O12S3/c1-18(2,13(30)31)39-22-10(9-7-40-14(19)21-9)11(28)20-8-6-26(12(8)29)16(33)24-42(37,38)23-15(32)25-4-5-27(17(25)34)41(3,35)36/h7-8H,4-6H2,1-3H3,(H2,19,21)(H,20,28)(H,23,32)(H,24,33)(H,30,31)/t8-/m0/s1. The van der Waals surface area contributed by atoms with Gasteiger partial charge >= 0.3 is 34.3 Å².